The lowest BCUT2D eigenvalue weighted by Crippen LogP contribution is -2.43. The van der Waals surface area contributed by atoms with Gasteiger partial charge in [0.2, 0.25) is 10.0 Å². The fourth-order valence-corrected chi connectivity index (χ4v) is 3.62. The predicted molar refractivity (Wildman–Crippen MR) is 94.0 cm³/mol. The molecular weight excluding hydrogens is 344 g/mol. The number of nitrogens with zero attached hydrogens (tertiary/aromatic N) is 1. The fraction of sp³-hybridized carbons (Fsp3) is 0.412. The molecule has 8 heteroatoms. The number of carbonyl (C=O) groups excluding carboxylic acids is 1. The van der Waals surface area contributed by atoms with E-state index in [1.165, 1.54) is 0 Å². The highest BCUT2D eigenvalue weighted by Gasteiger charge is 2.26. The lowest BCUT2D eigenvalue weighted by atomic mass is 9.98. The molecule has 3 rings (SSSR count). The lowest BCUT2D eigenvalue weighted by Gasteiger charge is -2.32. The number of likely N-dealkylation sites (tertiary alicyclic amines) is 1. The number of piperidine rings is 1. The zero-order valence-corrected chi connectivity index (χ0v) is 14.7. The molecule has 1 N–H and O–H groups in total. The molecule has 1 aromatic carbocycles. The van der Waals surface area contributed by atoms with E-state index >= 15 is 0 Å². The molecule has 1 amide bonds. The average molecular weight is 364 g/mol. The molecule has 1 aliphatic rings. The average Bonchev–Trinajstić information content (AvgIpc) is 2.59. The van der Waals surface area contributed by atoms with Gasteiger partial charge in [-0.3, -0.25) is 4.79 Å². The summed E-state index contributed by atoms with van der Waals surface area (Å²) >= 11 is 0. The van der Waals surface area contributed by atoms with E-state index in [9.17, 15) is 18.0 Å². The number of hydrogen-bond acceptors (Lipinski definition) is 5. The van der Waals surface area contributed by atoms with Crippen molar-refractivity contribution in [2.24, 2.45) is 5.92 Å². The van der Waals surface area contributed by atoms with Crippen LogP contribution in [0.15, 0.2) is 39.5 Å². The van der Waals surface area contributed by atoms with Crippen LogP contribution in [-0.2, 0) is 10.0 Å². The standard InChI is InChI=1S/C17H20N2O5S/c1-25(22,23)18-10-12-5-4-8-19(11-12)16(20)15-9-13-6-2-3-7-14(13)17(21)24-15/h2-3,6-7,9,12,18H,4-5,8,10-11H2,1H3. The van der Waals surface area contributed by atoms with Gasteiger partial charge >= 0.3 is 5.63 Å². The van der Waals surface area contributed by atoms with Gasteiger partial charge in [-0.1, -0.05) is 18.2 Å². The van der Waals surface area contributed by atoms with E-state index in [1.807, 2.05) is 0 Å². The zero-order valence-electron chi connectivity index (χ0n) is 13.9. The lowest BCUT2D eigenvalue weighted by molar-refractivity contribution is 0.0640. The summed E-state index contributed by atoms with van der Waals surface area (Å²) in [6, 6.07) is 8.53. The van der Waals surface area contributed by atoms with Crippen molar-refractivity contribution in [1.29, 1.82) is 0 Å². The summed E-state index contributed by atoms with van der Waals surface area (Å²) in [6.07, 6.45) is 2.73. The second kappa shape index (κ2) is 6.97. The minimum absolute atomic E-state index is 0.0143. The molecule has 0 bridgehead atoms. The van der Waals surface area contributed by atoms with Crippen molar-refractivity contribution >= 4 is 26.7 Å². The first-order chi connectivity index (χ1) is 11.8. The van der Waals surface area contributed by atoms with Crippen molar-refractivity contribution < 1.29 is 17.6 Å². The van der Waals surface area contributed by atoms with E-state index in [-0.39, 0.29) is 17.6 Å². The Balaban J connectivity index is 1.77. The molecule has 7 nitrogen and oxygen atoms in total. The Labute approximate surface area is 145 Å². The van der Waals surface area contributed by atoms with Crippen LogP contribution in [0.4, 0.5) is 0 Å². The van der Waals surface area contributed by atoms with Crippen LogP contribution in [-0.4, -0.2) is 45.1 Å². The smallest absolute Gasteiger partial charge is 0.344 e. The molecule has 0 aliphatic carbocycles. The van der Waals surface area contributed by atoms with Crippen molar-refractivity contribution in [1.82, 2.24) is 9.62 Å². The number of benzene rings is 1. The third kappa shape index (κ3) is 4.26. The quantitative estimate of drug-likeness (QED) is 0.879. The number of nitrogens with one attached hydrogen (secondary N) is 1. The minimum atomic E-state index is -3.26. The van der Waals surface area contributed by atoms with E-state index in [0.717, 1.165) is 19.1 Å². The summed E-state index contributed by atoms with van der Waals surface area (Å²) in [7, 11) is -3.26. The largest absolute Gasteiger partial charge is 0.417 e. The highest BCUT2D eigenvalue weighted by Crippen LogP contribution is 2.19. The van der Waals surface area contributed by atoms with Crippen LogP contribution in [0.1, 0.15) is 23.4 Å². The number of amides is 1. The van der Waals surface area contributed by atoms with Crippen LogP contribution in [0.2, 0.25) is 0 Å². The molecule has 1 atom stereocenters. The first-order valence-electron chi connectivity index (χ1n) is 8.10. The van der Waals surface area contributed by atoms with Crippen LogP contribution < -0.4 is 10.3 Å². The molecular formula is C17H20N2O5S. The van der Waals surface area contributed by atoms with Crippen molar-refractivity contribution in [3.8, 4) is 0 Å². The maximum atomic E-state index is 12.7. The molecule has 2 aromatic rings. The van der Waals surface area contributed by atoms with Gasteiger partial charge in [0.15, 0.2) is 5.76 Å². The van der Waals surface area contributed by atoms with Crippen molar-refractivity contribution in [2.75, 3.05) is 25.9 Å². The Kier molecular flexibility index (Phi) is 4.91. The topological polar surface area (TPSA) is 96.7 Å². The van der Waals surface area contributed by atoms with Crippen molar-refractivity contribution in [3.63, 3.8) is 0 Å². The van der Waals surface area contributed by atoms with Crippen LogP contribution in [0.25, 0.3) is 10.8 Å². The molecule has 1 saturated heterocycles. The van der Waals surface area contributed by atoms with Crippen LogP contribution in [0, 0.1) is 5.92 Å². The van der Waals surface area contributed by atoms with Gasteiger partial charge in [-0.15, -0.1) is 0 Å². The van der Waals surface area contributed by atoms with E-state index in [1.54, 1.807) is 35.2 Å². The van der Waals surface area contributed by atoms with E-state index in [0.29, 0.717) is 30.4 Å². The summed E-state index contributed by atoms with van der Waals surface area (Å²) in [5, 5.41) is 1.10. The fourth-order valence-electron chi connectivity index (χ4n) is 3.08. The van der Waals surface area contributed by atoms with Crippen molar-refractivity contribution in [3.05, 3.63) is 46.5 Å². The number of fused-ring (bicyclic) bond motifs is 1. The van der Waals surface area contributed by atoms with E-state index in [2.05, 4.69) is 4.72 Å². The van der Waals surface area contributed by atoms with Crippen LogP contribution >= 0.6 is 0 Å². The number of rotatable bonds is 4. The number of hydrogen-bond donors (Lipinski definition) is 1. The van der Waals surface area contributed by atoms with Gasteiger partial charge in [0.25, 0.3) is 5.91 Å². The van der Waals surface area contributed by atoms with Gasteiger partial charge in [-0.25, -0.2) is 17.9 Å². The Bertz CT molecular complexity index is 951. The summed E-state index contributed by atoms with van der Waals surface area (Å²) in [6.45, 7) is 1.28. The van der Waals surface area contributed by atoms with Crippen LogP contribution in [0.5, 0.6) is 0 Å². The first kappa shape index (κ1) is 17.6. The van der Waals surface area contributed by atoms with Gasteiger partial charge < -0.3 is 9.32 Å². The molecule has 25 heavy (non-hydrogen) atoms. The predicted octanol–water partition coefficient (Wildman–Crippen LogP) is 1.19. The highest BCUT2D eigenvalue weighted by molar-refractivity contribution is 7.88. The molecule has 1 aromatic heterocycles. The van der Waals surface area contributed by atoms with E-state index in [4.69, 9.17) is 4.42 Å². The molecule has 0 radical (unpaired) electrons. The maximum Gasteiger partial charge on any atom is 0.344 e. The molecule has 1 unspecified atom stereocenters. The normalized spacial score (nSPS) is 18.4. The van der Waals surface area contributed by atoms with E-state index < -0.39 is 15.6 Å². The second-order valence-electron chi connectivity index (χ2n) is 6.37. The Morgan fingerprint density at radius 3 is 2.88 bits per heavy atom. The molecule has 1 fully saturated rings. The van der Waals surface area contributed by atoms with Crippen LogP contribution in [0.3, 0.4) is 0 Å². The number of carbonyl (C=O) groups is 1. The summed E-state index contributed by atoms with van der Waals surface area (Å²) in [5.74, 6) is -0.285. The third-order valence-corrected chi connectivity index (χ3v) is 5.01. The molecule has 0 saturated carbocycles. The first-order valence-corrected chi connectivity index (χ1v) is 9.99. The Morgan fingerprint density at radius 2 is 2.12 bits per heavy atom. The van der Waals surface area contributed by atoms with Gasteiger partial charge in [0.1, 0.15) is 0 Å². The Morgan fingerprint density at radius 1 is 1.36 bits per heavy atom. The monoisotopic (exact) mass is 364 g/mol. The van der Waals surface area contributed by atoms with Crippen molar-refractivity contribution in [2.45, 2.75) is 12.8 Å². The maximum absolute atomic E-state index is 12.7. The SMILES string of the molecule is CS(=O)(=O)NCC1CCCN(C(=O)c2cc3ccccc3c(=O)o2)C1. The molecule has 2 heterocycles. The summed E-state index contributed by atoms with van der Waals surface area (Å²) in [4.78, 5) is 26.4. The summed E-state index contributed by atoms with van der Waals surface area (Å²) in [5.41, 5.74) is -0.534. The van der Waals surface area contributed by atoms with Gasteiger partial charge in [0.05, 0.1) is 11.6 Å². The zero-order chi connectivity index (χ0) is 18.0. The molecule has 1 aliphatic heterocycles. The van der Waals surface area contributed by atoms with Gasteiger partial charge in [-0.2, -0.15) is 0 Å². The molecule has 0 spiro atoms. The Hall–Kier alpha value is -2.19. The van der Waals surface area contributed by atoms with Gasteiger partial charge in [-0.05, 0) is 36.3 Å². The number of sulfonamides is 1. The second-order valence-corrected chi connectivity index (χ2v) is 8.20. The third-order valence-electron chi connectivity index (χ3n) is 4.32. The van der Waals surface area contributed by atoms with Gasteiger partial charge in [0, 0.05) is 19.6 Å². The summed E-state index contributed by atoms with van der Waals surface area (Å²) < 4.78 is 30.1. The molecule has 134 valence electrons. The highest BCUT2D eigenvalue weighted by atomic mass is 32.2. The minimum Gasteiger partial charge on any atom is -0.417 e.